The summed E-state index contributed by atoms with van der Waals surface area (Å²) in [5.74, 6) is 0.627. The first-order chi connectivity index (χ1) is 7.01. The number of thiocarbonyl (C=S) groups is 1. The zero-order valence-electron chi connectivity index (χ0n) is 10.5. The highest BCUT2D eigenvalue weighted by molar-refractivity contribution is 7.80. The molecule has 0 amide bonds. The van der Waals surface area contributed by atoms with Gasteiger partial charge < -0.3 is 15.4 Å². The van der Waals surface area contributed by atoms with Crippen molar-refractivity contribution in [3.8, 4) is 0 Å². The molecule has 0 aromatic rings. The number of ether oxygens (including phenoxy) is 1. The van der Waals surface area contributed by atoms with E-state index in [1.165, 1.54) is 0 Å². The molecule has 0 fully saturated rings. The van der Waals surface area contributed by atoms with Gasteiger partial charge in [0.2, 0.25) is 0 Å². The fraction of sp³-hybridized carbons (Fsp3) is 0.909. The monoisotopic (exact) mass is 232 g/mol. The third-order valence-electron chi connectivity index (χ3n) is 2.65. The van der Waals surface area contributed by atoms with Crippen LogP contribution in [0.1, 0.15) is 34.1 Å². The average Bonchev–Trinajstić information content (AvgIpc) is 2.16. The third-order valence-corrected chi connectivity index (χ3v) is 2.89. The Morgan fingerprint density at radius 2 is 1.87 bits per heavy atom. The van der Waals surface area contributed by atoms with E-state index >= 15 is 0 Å². The number of rotatable bonds is 6. The van der Waals surface area contributed by atoms with Gasteiger partial charge >= 0.3 is 0 Å². The van der Waals surface area contributed by atoms with E-state index in [-0.39, 0.29) is 6.04 Å². The van der Waals surface area contributed by atoms with Crippen LogP contribution in [0.2, 0.25) is 0 Å². The van der Waals surface area contributed by atoms with Crippen LogP contribution < -0.4 is 10.6 Å². The molecule has 0 aromatic heterocycles. The maximum absolute atomic E-state index is 5.21. The Bertz CT molecular complexity index is 187. The molecule has 2 N–H and O–H groups in total. The Morgan fingerprint density at radius 3 is 2.33 bits per heavy atom. The van der Waals surface area contributed by atoms with Crippen molar-refractivity contribution in [2.24, 2.45) is 5.92 Å². The van der Waals surface area contributed by atoms with Gasteiger partial charge in [-0.1, -0.05) is 20.3 Å². The fourth-order valence-electron chi connectivity index (χ4n) is 1.26. The highest BCUT2D eigenvalue weighted by atomic mass is 32.1. The topological polar surface area (TPSA) is 33.3 Å². The van der Waals surface area contributed by atoms with Gasteiger partial charge in [-0.05, 0) is 32.0 Å². The lowest BCUT2D eigenvalue weighted by molar-refractivity contribution is 0.179. The summed E-state index contributed by atoms with van der Waals surface area (Å²) >= 11 is 5.21. The number of hydrogen-bond donors (Lipinski definition) is 2. The SMILES string of the molecule is CCC(C)C(C)NC(=S)NC(C)COC. The quantitative estimate of drug-likeness (QED) is 0.686. The summed E-state index contributed by atoms with van der Waals surface area (Å²) in [5.41, 5.74) is 0. The second-order valence-electron chi connectivity index (χ2n) is 4.15. The summed E-state index contributed by atoms with van der Waals surface area (Å²) in [7, 11) is 1.69. The van der Waals surface area contributed by atoms with E-state index in [0.29, 0.717) is 23.7 Å². The Kier molecular flexibility index (Phi) is 7.70. The molecule has 3 nitrogen and oxygen atoms in total. The highest BCUT2D eigenvalue weighted by Gasteiger charge is 2.11. The molecule has 0 aliphatic heterocycles. The van der Waals surface area contributed by atoms with E-state index < -0.39 is 0 Å². The van der Waals surface area contributed by atoms with Gasteiger partial charge in [0.1, 0.15) is 0 Å². The average molecular weight is 232 g/mol. The molecule has 0 aromatic carbocycles. The molecule has 3 unspecified atom stereocenters. The van der Waals surface area contributed by atoms with Crippen molar-refractivity contribution in [1.82, 2.24) is 10.6 Å². The smallest absolute Gasteiger partial charge is 0.166 e. The first-order valence-electron chi connectivity index (χ1n) is 5.57. The molecule has 0 saturated carbocycles. The molecule has 90 valence electrons. The van der Waals surface area contributed by atoms with Crippen LogP contribution in [0, 0.1) is 5.92 Å². The molecule has 15 heavy (non-hydrogen) atoms. The van der Waals surface area contributed by atoms with Gasteiger partial charge in [0.25, 0.3) is 0 Å². The number of hydrogen-bond acceptors (Lipinski definition) is 2. The largest absolute Gasteiger partial charge is 0.383 e. The molecule has 3 atom stereocenters. The standard InChI is InChI=1S/C11H24N2OS/c1-6-8(2)10(4)13-11(15)12-9(3)7-14-5/h8-10H,6-7H2,1-5H3,(H2,12,13,15). The van der Waals surface area contributed by atoms with Gasteiger partial charge in [-0.25, -0.2) is 0 Å². The minimum absolute atomic E-state index is 0.249. The summed E-state index contributed by atoms with van der Waals surface area (Å²) in [6.07, 6.45) is 1.16. The maximum atomic E-state index is 5.21. The van der Waals surface area contributed by atoms with Crippen LogP contribution in [0.3, 0.4) is 0 Å². The minimum atomic E-state index is 0.249. The first kappa shape index (κ1) is 14.6. The van der Waals surface area contributed by atoms with E-state index in [0.717, 1.165) is 6.42 Å². The molecule has 0 aliphatic rings. The lowest BCUT2D eigenvalue weighted by Gasteiger charge is -2.23. The highest BCUT2D eigenvalue weighted by Crippen LogP contribution is 2.06. The summed E-state index contributed by atoms with van der Waals surface area (Å²) in [6, 6.07) is 0.656. The second-order valence-corrected chi connectivity index (χ2v) is 4.56. The van der Waals surface area contributed by atoms with Crippen molar-refractivity contribution in [2.75, 3.05) is 13.7 Å². The minimum Gasteiger partial charge on any atom is -0.383 e. The van der Waals surface area contributed by atoms with Crippen LogP contribution in [-0.2, 0) is 4.74 Å². The van der Waals surface area contributed by atoms with Crippen LogP contribution in [-0.4, -0.2) is 30.9 Å². The van der Waals surface area contributed by atoms with Gasteiger partial charge in [0, 0.05) is 19.2 Å². The third kappa shape index (κ3) is 6.68. The van der Waals surface area contributed by atoms with Crippen molar-refractivity contribution in [3.63, 3.8) is 0 Å². The lowest BCUT2D eigenvalue weighted by Crippen LogP contribution is -2.47. The Labute approximate surface area is 99.0 Å². The Balaban J connectivity index is 3.82. The Morgan fingerprint density at radius 1 is 1.27 bits per heavy atom. The van der Waals surface area contributed by atoms with E-state index in [9.17, 15) is 0 Å². The number of methoxy groups -OCH3 is 1. The van der Waals surface area contributed by atoms with E-state index in [2.05, 4.69) is 31.4 Å². The summed E-state index contributed by atoms with van der Waals surface area (Å²) in [6.45, 7) is 9.28. The molecular weight excluding hydrogens is 208 g/mol. The molecule has 0 rings (SSSR count). The van der Waals surface area contributed by atoms with Gasteiger partial charge in [-0.15, -0.1) is 0 Å². The summed E-state index contributed by atoms with van der Waals surface area (Å²) in [4.78, 5) is 0. The van der Waals surface area contributed by atoms with E-state index in [1.54, 1.807) is 7.11 Å². The molecule has 0 aliphatic carbocycles. The van der Waals surface area contributed by atoms with Gasteiger partial charge in [0.05, 0.1) is 6.61 Å². The van der Waals surface area contributed by atoms with Crippen LogP contribution in [0.5, 0.6) is 0 Å². The molecular formula is C11H24N2OS. The molecule has 0 saturated heterocycles. The van der Waals surface area contributed by atoms with Crippen LogP contribution in [0.4, 0.5) is 0 Å². The second kappa shape index (κ2) is 7.88. The maximum Gasteiger partial charge on any atom is 0.166 e. The predicted molar refractivity (Wildman–Crippen MR) is 69.1 cm³/mol. The summed E-state index contributed by atoms with van der Waals surface area (Å²) in [5, 5.41) is 7.19. The van der Waals surface area contributed by atoms with Gasteiger partial charge in [0.15, 0.2) is 5.11 Å². The Hall–Kier alpha value is -0.350. The van der Waals surface area contributed by atoms with Gasteiger partial charge in [-0.2, -0.15) is 0 Å². The predicted octanol–water partition coefficient (Wildman–Crippen LogP) is 1.92. The van der Waals surface area contributed by atoms with Gasteiger partial charge in [-0.3, -0.25) is 0 Å². The first-order valence-corrected chi connectivity index (χ1v) is 5.98. The van der Waals surface area contributed by atoms with E-state index in [4.69, 9.17) is 17.0 Å². The molecule has 4 heteroatoms. The lowest BCUT2D eigenvalue weighted by atomic mass is 10.0. The molecule has 0 bridgehead atoms. The van der Waals surface area contributed by atoms with Crippen LogP contribution in [0.15, 0.2) is 0 Å². The van der Waals surface area contributed by atoms with Crippen LogP contribution in [0.25, 0.3) is 0 Å². The van der Waals surface area contributed by atoms with Crippen molar-refractivity contribution < 1.29 is 4.74 Å². The normalized spacial score (nSPS) is 16.6. The molecule has 0 spiro atoms. The van der Waals surface area contributed by atoms with E-state index in [1.807, 2.05) is 6.92 Å². The van der Waals surface area contributed by atoms with Crippen molar-refractivity contribution in [3.05, 3.63) is 0 Å². The molecule has 0 heterocycles. The molecule has 0 radical (unpaired) electrons. The zero-order chi connectivity index (χ0) is 11.8. The number of nitrogens with one attached hydrogen (secondary N) is 2. The van der Waals surface area contributed by atoms with Crippen molar-refractivity contribution in [2.45, 2.75) is 46.2 Å². The zero-order valence-corrected chi connectivity index (χ0v) is 11.3. The summed E-state index contributed by atoms with van der Waals surface area (Å²) < 4.78 is 5.03. The van der Waals surface area contributed by atoms with Crippen molar-refractivity contribution in [1.29, 1.82) is 0 Å². The fourth-order valence-corrected chi connectivity index (χ4v) is 1.65. The van der Waals surface area contributed by atoms with Crippen molar-refractivity contribution >= 4 is 17.3 Å². The van der Waals surface area contributed by atoms with Crippen LogP contribution >= 0.6 is 12.2 Å².